The lowest BCUT2D eigenvalue weighted by molar-refractivity contribution is 0.611. The monoisotopic (exact) mass is 264 g/mol. The van der Waals surface area contributed by atoms with Crippen LogP contribution in [0.5, 0.6) is 0 Å². The van der Waals surface area contributed by atoms with Crippen molar-refractivity contribution in [2.24, 2.45) is 0 Å². The van der Waals surface area contributed by atoms with Crippen molar-refractivity contribution in [1.82, 2.24) is 0 Å². The van der Waals surface area contributed by atoms with Crippen LogP contribution in [0.2, 0.25) is 5.02 Å². The van der Waals surface area contributed by atoms with E-state index in [4.69, 9.17) is 22.3 Å². The summed E-state index contributed by atoms with van der Waals surface area (Å²) in [6.07, 6.45) is 0.465. The minimum atomic E-state index is -3.51. The molecular formula is C10H10Cl2O2S. The van der Waals surface area contributed by atoms with Gasteiger partial charge in [-0.05, 0) is 24.1 Å². The van der Waals surface area contributed by atoms with Gasteiger partial charge in [0.2, 0.25) is 9.05 Å². The Balaban J connectivity index is 2.67. The summed E-state index contributed by atoms with van der Waals surface area (Å²) >= 11 is 5.79. The molecule has 0 fully saturated rings. The third-order valence-electron chi connectivity index (χ3n) is 1.72. The molecule has 0 saturated carbocycles. The second kappa shape index (κ2) is 5.01. The zero-order valence-electron chi connectivity index (χ0n) is 7.91. The standard InChI is InChI=1S/C10H10Cl2O2S/c1-8(7-15(12,13)14)5-9-3-2-4-10(11)6-9/h2-4,6H,1,5,7H2. The van der Waals surface area contributed by atoms with Gasteiger partial charge in [0, 0.05) is 15.7 Å². The van der Waals surface area contributed by atoms with Gasteiger partial charge in [0.15, 0.2) is 0 Å². The van der Waals surface area contributed by atoms with Crippen LogP contribution in [0.1, 0.15) is 5.56 Å². The summed E-state index contributed by atoms with van der Waals surface area (Å²) in [5, 5.41) is 0.619. The van der Waals surface area contributed by atoms with Crippen LogP contribution in [0.25, 0.3) is 0 Å². The van der Waals surface area contributed by atoms with E-state index in [9.17, 15) is 8.42 Å². The van der Waals surface area contributed by atoms with E-state index in [2.05, 4.69) is 6.58 Å². The Bertz CT molecular complexity index is 466. The van der Waals surface area contributed by atoms with Crippen molar-refractivity contribution in [3.63, 3.8) is 0 Å². The van der Waals surface area contributed by atoms with Crippen LogP contribution >= 0.6 is 22.3 Å². The van der Waals surface area contributed by atoms with Gasteiger partial charge in [0.1, 0.15) is 0 Å². The first-order chi connectivity index (χ1) is 6.87. The van der Waals surface area contributed by atoms with E-state index < -0.39 is 9.05 Å². The summed E-state index contributed by atoms with van der Waals surface area (Å²) in [6, 6.07) is 7.19. The van der Waals surface area contributed by atoms with Crippen LogP contribution in [-0.2, 0) is 15.5 Å². The number of benzene rings is 1. The number of hydrogen-bond acceptors (Lipinski definition) is 2. The molecule has 2 nitrogen and oxygen atoms in total. The van der Waals surface area contributed by atoms with Crippen molar-refractivity contribution in [3.8, 4) is 0 Å². The predicted octanol–water partition coefficient (Wildman–Crippen LogP) is 3.01. The Morgan fingerprint density at radius 2 is 2.07 bits per heavy atom. The lowest BCUT2D eigenvalue weighted by atomic mass is 10.1. The van der Waals surface area contributed by atoms with E-state index >= 15 is 0 Å². The summed E-state index contributed by atoms with van der Waals surface area (Å²) in [4.78, 5) is 0. The second-order valence-corrected chi connectivity index (χ2v) is 6.45. The molecule has 0 bridgehead atoms. The molecule has 0 saturated heterocycles. The highest BCUT2D eigenvalue weighted by Crippen LogP contribution is 2.15. The van der Waals surface area contributed by atoms with Gasteiger partial charge in [-0.2, -0.15) is 0 Å². The molecule has 1 aromatic rings. The minimum absolute atomic E-state index is 0.207. The van der Waals surface area contributed by atoms with Crippen LogP contribution in [0.15, 0.2) is 36.4 Å². The first kappa shape index (κ1) is 12.6. The summed E-state index contributed by atoms with van der Waals surface area (Å²) in [6.45, 7) is 3.66. The van der Waals surface area contributed by atoms with E-state index in [1.54, 1.807) is 18.2 Å². The van der Waals surface area contributed by atoms with Crippen LogP contribution in [0.4, 0.5) is 0 Å². The Labute approximate surface area is 98.9 Å². The highest BCUT2D eigenvalue weighted by molar-refractivity contribution is 8.13. The van der Waals surface area contributed by atoms with Gasteiger partial charge in [-0.3, -0.25) is 0 Å². The molecule has 5 heteroatoms. The predicted molar refractivity (Wildman–Crippen MR) is 63.9 cm³/mol. The smallest absolute Gasteiger partial charge is 0.212 e. The van der Waals surface area contributed by atoms with Gasteiger partial charge < -0.3 is 0 Å². The maximum Gasteiger partial charge on any atom is 0.236 e. The van der Waals surface area contributed by atoms with Crippen LogP contribution in [0.3, 0.4) is 0 Å². The molecule has 0 amide bonds. The molecule has 82 valence electrons. The fourth-order valence-electron chi connectivity index (χ4n) is 1.23. The molecule has 0 atom stereocenters. The second-order valence-electron chi connectivity index (χ2n) is 3.24. The summed E-state index contributed by atoms with van der Waals surface area (Å²) in [5.74, 6) is -0.207. The van der Waals surface area contributed by atoms with E-state index in [0.29, 0.717) is 17.0 Å². The average Bonchev–Trinajstić information content (AvgIpc) is 1.99. The SMILES string of the molecule is C=C(Cc1cccc(Cl)c1)CS(=O)(=O)Cl. The quantitative estimate of drug-likeness (QED) is 0.619. The molecule has 15 heavy (non-hydrogen) atoms. The van der Waals surface area contributed by atoms with Gasteiger partial charge in [-0.15, -0.1) is 0 Å². The molecule has 0 unspecified atom stereocenters. The highest BCUT2D eigenvalue weighted by Gasteiger charge is 2.08. The van der Waals surface area contributed by atoms with E-state index in [0.717, 1.165) is 5.56 Å². The molecule has 1 aromatic carbocycles. The lowest BCUT2D eigenvalue weighted by Crippen LogP contribution is -2.02. The van der Waals surface area contributed by atoms with Crippen molar-refractivity contribution in [1.29, 1.82) is 0 Å². The molecule has 0 heterocycles. The van der Waals surface area contributed by atoms with E-state index in [1.165, 1.54) is 0 Å². The van der Waals surface area contributed by atoms with E-state index in [1.807, 2.05) is 6.07 Å². The lowest BCUT2D eigenvalue weighted by Gasteiger charge is -2.03. The highest BCUT2D eigenvalue weighted by atomic mass is 35.7. The molecule has 0 aliphatic rings. The van der Waals surface area contributed by atoms with Crippen LogP contribution < -0.4 is 0 Å². The summed E-state index contributed by atoms with van der Waals surface area (Å²) in [5.41, 5.74) is 1.47. The first-order valence-electron chi connectivity index (χ1n) is 4.20. The van der Waals surface area contributed by atoms with E-state index in [-0.39, 0.29) is 5.75 Å². The Kier molecular flexibility index (Phi) is 4.20. The minimum Gasteiger partial charge on any atom is -0.212 e. The Morgan fingerprint density at radius 3 is 2.60 bits per heavy atom. The van der Waals surface area contributed by atoms with Gasteiger partial charge in [-0.25, -0.2) is 8.42 Å². The average molecular weight is 265 g/mol. The van der Waals surface area contributed by atoms with Crippen molar-refractivity contribution in [3.05, 3.63) is 47.0 Å². The van der Waals surface area contributed by atoms with Gasteiger partial charge in [0.05, 0.1) is 5.75 Å². The zero-order chi connectivity index (χ0) is 11.5. The number of halogens is 2. The molecule has 0 aliphatic heterocycles. The largest absolute Gasteiger partial charge is 0.236 e. The molecular weight excluding hydrogens is 255 g/mol. The van der Waals surface area contributed by atoms with Crippen molar-refractivity contribution in [2.75, 3.05) is 5.75 Å². The fraction of sp³-hybridized carbons (Fsp3) is 0.200. The number of hydrogen-bond donors (Lipinski definition) is 0. The zero-order valence-corrected chi connectivity index (χ0v) is 10.2. The third-order valence-corrected chi connectivity index (χ3v) is 3.04. The third kappa shape index (κ3) is 5.21. The van der Waals surface area contributed by atoms with Crippen LogP contribution in [0, 0.1) is 0 Å². The fourth-order valence-corrected chi connectivity index (χ4v) is 2.50. The van der Waals surface area contributed by atoms with Gasteiger partial charge >= 0.3 is 0 Å². The van der Waals surface area contributed by atoms with Crippen molar-refractivity contribution < 1.29 is 8.42 Å². The van der Waals surface area contributed by atoms with Crippen LogP contribution in [-0.4, -0.2) is 14.2 Å². The van der Waals surface area contributed by atoms with Crippen molar-refractivity contribution in [2.45, 2.75) is 6.42 Å². The topological polar surface area (TPSA) is 34.1 Å². The normalized spacial score (nSPS) is 11.3. The van der Waals surface area contributed by atoms with Crippen molar-refractivity contribution >= 4 is 31.3 Å². The molecule has 1 rings (SSSR count). The Morgan fingerprint density at radius 1 is 1.40 bits per heavy atom. The molecule has 0 aliphatic carbocycles. The summed E-state index contributed by atoms with van der Waals surface area (Å²) < 4.78 is 21.6. The summed E-state index contributed by atoms with van der Waals surface area (Å²) in [7, 11) is 1.60. The molecule has 0 radical (unpaired) electrons. The maximum absolute atomic E-state index is 10.8. The molecule has 0 N–H and O–H groups in total. The molecule has 0 aromatic heterocycles. The molecule has 0 spiro atoms. The first-order valence-corrected chi connectivity index (χ1v) is 7.06. The van der Waals surface area contributed by atoms with Gasteiger partial charge in [-0.1, -0.05) is 35.9 Å². The maximum atomic E-state index is 10.8. The van der Waals surface area contributed by atoms with Gasteiger partial charge in [0.25, 0.3) is 0 Å². The Hall–Kier alpha value is -0.510. The number of rotatable bonds is 4.